The molecule has 8 heteroatoms. The Kier molecular flexibility index (Phi) is 5.38. The minimum atomic E-state index is -4.51. The molecule has 0 radical (unpaired) electrons. The summed E-state index contributed by atoms with van der Waals surface area (Å²) in [6.07, 6.45) is -4.31. The zero-order chi connectivity index (χ0) is 23.0. The van der Waals surface area contributed by atoms with Crippen molar-refractivity contribution in [1.82, 2.24) is 9.71 Å². The van der Waals surface area contributed by atoms with Crippen LogP contribution in [0, 0.1) is 0 Å². The monoisotopic (exact) mass is 439 g/mol. The van der Waals surface area contributed by atoms with E-state index in [1.165, 1.54) is 6.07 Å². The van der Waals surface area contributed by atoms with Crippen LogP contribution in [-0.4, -0.2) is 34.8 Å². The van der Waals surface area contributed by atoms with Crippen LogP contribution in [0.3, 0.4) is 0 Å². The average molecular weight is 439 g/mol. The van der Waals surface area contributed by atoms with Crippen LogP contribution in [0.5, 0.6) is 0 Å². The lowest BCUT2D eigenvalue weighted by molar-refractivity contribution is -0.137. The van der Waals surface area contributed by atoms with Crippen LogP contribution in [0.15, 0.2) is 66.7 Å². The largest absolute Gasteiger partial charge is 0.426 e. The molecule has 1 heterocycles. The van der Waals surface area contributed by atoms with E-state index in [-0.39, 0.29) is 29.1 Å². The summed E-state index contributed by atoms with van der Waals surface area (Å²) in [5.41, 5.74) is 2.25. The van der Waals surface area contributed by atoms with Gasteiger partial charge < -0.3 is 10.1 Å². The number of hydrogen-bond acceptors (Lipinski definition) is 4. The number of nitrogens with zero attached hydrogens (tertiary/aromatic N) is 3. The Bertz CT molecular complexity index is 1280. The number of aromatic nitrogens is 2. The summed E-state index contributed by atoms with van der Waals surface area (Å²) in [6, 6.07) is 17.2. The molecule has 0 amide bonds. The van der Waals surface area contributed by atoms with Gasteiger partial charge in [0.25, 0.3) is 0 Å². The van der Waals surface area contributed by atoms with Crippen LogP contribution in [0.2, 0.25) is 0 Å². The molecule has 0 aliphatic rings. The Hall–Kier alpha value is -3.81. The average Bonchev–Trinajstić information content (AvgIpc) is 3.09. The van der Waals surface area contributed by atoms with Gasteiger partial charge in [-0.1, -0.05) is 24.3 Å². The fraction of sp³-hybridized carbons (Fsp3) is 0.167. The molecule has 4 aromatic rings. The van der Waals surface area contributed by atoms with Gasteiger partial charge in [0.05, 0.1) is 11.1 Å². The predicted molar refractivity (Wildman–Crippen MR) is 116 cm³/mol. The third-order valence-corrected chi connectivity index (χ3v) is 5.24. The van der Waals surface area contributed by atoms with Gasteiger partial charge in [0.15, 0.2) is 11.6 Å². The summed E-state index contributed by atoms with van der Waals surface area (Å²) in [5, 5.41) is 10.4. The summed E-state index contributed by atoms with van der Waals surface area (Å²) in [7, 11) is 3.85. The summed E-state index contributed by atoms with van der Waals surface area (Å²) >= 11 is 0. The highest BCUT2D eigenvalue weighted by atomic mass is 19.4. The van der Waals surface area contributed by atoms with E-state index in [1.54, 1.807) is 36.4 Å². The Morgan fingerprint density at radius 3 is 2.25 bits per heavy atom. The maximum Gasteiger partial charge on any atom is 0.416 e. The molecule has 0 aliphatic heterocycles. The molecule has 0 spiro atoms. The molecule has 0 aliphatic carbocycles. The molecule has 4 rings (SSSR count). The molecule has 1 aromatic heterocycles. The molecule has 3 aromatic carbocycles. The lowest BCUT2D eigenvalue weighted by Crippen LogP contribution is -2.09. The molecule has 0 atom stereocenters. The quantitative estimate of drug-likeness (QED) is 0.332. The Morgan fingerprint density at radius 1 is 1.00 bits per heavy atom. The number of anilines is 1. The van der Waals surface area contributed by atoms with E-state index in [2.05, 4.69) is 4.98 Å². The Balaban J connectivity index is 1.55. The van der Waals surface area contributed by atoms with Gasteiger partial charge in [-0.2, -0.15) is 17.9 Å². The normalized spacial score (nSPS) is 11.7. The van der Waals surface area contributed by atoms with Crippen molar-refractivity contribution in [1.29, 1.82) is 0 Å². The molecular formula is C24H20F3N3O2. The number of Topliss-reactive ketones (excluding diaryl/α,β-unsaturated/α-hetero) is 1. The minimum absolute atomic E-state index is 0.0304. The maximum atomic E-state index is 13.0. The summed E-state index contributed by atoms with van der Waals surface area (Å²) in [4.78, 5) is 18.8. The molecule has 32 heavy (non-hydrogen) atoms. The number of rotatable bonds is 5. The standard InChI is InChI=1S/C24H20F3N3O2/c1-29(2)19-10-7-16(8-11-19)22(31)13-15-3-5-17(6-4-15)23-28-20-12-9-18(24(25,26)27)14-21(20)30(23)32/h3-12,14,32H,13H2,1-2H3. The predicted octanol–water partition coefficient (Wildman–Crippen LogP) is 5.45. The summed E-state index contributed by atoms with van der Waals surface area (Å²) in [5.74, 6) is 0.0913. The van der Waals surface area contributed by atoms with Crippen molar-refractivity contribution in [2.75, 3.05) is 19.0 Å². The van der Waals surface area contributed by atoms with Crippen LogP contribution >= 0.6 is 0 Å². The van der Waals surface area contributed by atoms with Gasteiger partial charge in [0.2, 0.25) is 0 Å². The van der Waals surface area contributed by atoms with E-state index in [4.69, 9.17) is 0 Å². The second-order valence-electron chi connectivity index (χ2n) is 7.69. The van der Waals surface area contributed by atoms with Crippen molar-refractivity contribution in [3.63, 3.8) is 0 Å². The third-order valence-electron chi connectivity index (χ3n) is 5.24. The first-order valence-corrected chi connectivity index (χ1v) is 9.82. The summed E-state index contributed by atoms with van der Waals surface area (Å²) in [6.45, 7) is 0. The highest BCUT2D eigenvalue weighted by Gasteiger charge is 2.31. The van der Waals surface area contributed by atoms with E-state index in [1.807, 2.05) is 31.1 Å². The zero-order valence-electron chi connectivity index (χ0n) is 17.4. The van der Waals surface area contributed by atoms with E-state index in [9.17, 15) is 23.2 Å². The smallest absolute Gasteiger partial charge is 0.416 e. The van der Waals surface area contributed by atoms with Gasteiger partial charge >= 0.3 is 6.18 Å². The molecule has 164 valence electrons. The Morgan fingerprint density at radius 2 is 1.66 bits per heavy atom. The SMILES string of the molecule is CN(C)c1ccc(C(=O)Cc2ccc(-c3nc4ccc(C(F)(F)F)cc4n3O)cc2)cc1. The van der Waals surface area contributed by atoms with Gasteiger partial charge in [-0.3, -0.25) is 4.79 Å². The van der Waals surface area contributed by atoms with Crippen molar-refractivity contribution in [3.05, 3.63) is 83.4 Å². The van der Waals surface area contributed by atoms with Crippen LogP contribution in [0.1, 0.15) is 21.5 Å². The van der Waals surface area contributed by atoms with E-state index in [0.29, 0.717) is 15.9 Å². The number of imidazole rings is 1. The number of carbonyl (C=O) groups excluding carboxylic acids is 1. The molecule has 5 nitrogen and oxygen atoms in total. The number of benzene rings is 3. The molecular weight excluding hydrogens is 419 g/mol. The van der Waals surface area contributed by atoms with E-state index < -0.39 is 11.7 Å². The van der Waals surface area contributed by atoms with Gasteiger partial charge in [0.1, 0.15) is 5.52 Å². The number of ketones is 1. The summed E-state index contributed by atoms with van der Waals surface area (Å²) < 4.78 is 39.5. The molecule has 1 N–H and O–H groups in total. The minimum Gasteiger partial charge on any atom is -0.426 e. The third kappa shape index (κ3) is 4.16. The molecule has 0 fully saturated rings. The topological polar surface area (TPSA) is 58.4 Å². The van der Waals surface area contributed by atoms with Crippen LogP contribution in [-0.2, 0) is 12.6 Å². The van der Waals surface area contributed by atoms with Crippen molar-refractivity contribution >= 4 is 22.5 Å². The Labute approximate surface area is 182 Å². The highest BCUT2D eigenvalue weighted by Crippen LogP contribution is 2.32. The van der Waals surface area contributed by atoms with Crippen molar-refractivity contribution in [3.8, 4) is 11.4 Å². The van der Waals surface area contributed by atoms with E-state index >= 15 is 0 Å². The van der Waals surface area contributed by atoms with Crippen molar-refractivity contribution < 1.29 is 23.2 Å². The van der Waals surface area contributed by atoms with E-state index in [0.717, 1.165) is 23.4 Å². The first-order valence-electron chi connectivity index (χ1n) is 9.82. The second kappa shape index (κ2) is 8.03. The van der Waals surface area contributed by atoms with Crippen molar-refractivity contribution in [2.24, 2.45) is 0 Å². The fourth-order valence-electron chi connectivity index (χ4n) is 3.43. The molecule has 0 saturated carbocycles. The second-order valence-corrected chi connectivity index (χ2v) is 7.69. The number of carbonyl (C=O) groups is 1. The van der Waals surface area contributed by atoms with Gasteiger partial charge in [-0.25, -0.2) is 4.98 Å². The lowest BCUT2D eigenvalue weighted by Gasteiger charge is -2.12. The first-order chi connectivity index (χ1) is 15.1. The number of fused-ring (bicyclic) bond motifs is 1. The molecule has 0 unspecified atom stereocenters. The first kappa shape index (κ1) is 21.4. The van der Waals surface area contributed by atoms with Crippen LogP contribution in [0.4, 0.5) is 18.9 Å². The highest BCUT2D eigenvalue weighted by molar-refractivity contribution is 5.97. The molecule has 0 bridgehead atoms. The van der Waals surface area contributed by atoms with Crippen molar-refractivity contribution in [2.45, 2.75) is 12.6 Å². The van der Waals surface area contributed by atoms with Gasteiger partial charge in [-0.15, -0.1) is 0 Å². The maximum absolute atomic E-state index is 13.0. The molecule has 0 saturated heterocycles. The fourth-order valence-corrected chi connectivity index (χ4v) is 3.43. The van der Waals surface area contributed by atoms with Crippen LogP contribution in [0.25, 0.3) is 22.4 Å². The zero-order valence-corrected chi connectivity index (χ0v) is 17.4. The number of halogens is 3. The van der Waals surface area contributed by atoms with Crippen LogP contribution < -0.4 is 4.90 Å². The number of hydrogen-bond donors (Lipinski definition) is 1. The van der Waals surface area contributed by atoms with Gasteiger partial charge in [-0.05, 0) is 48.0 Å². The number of alkyl halides is 3. The lowest BCUT2D eigenvalue weighted by atomic mass is 10.0. The van der Waals surface area contributed by atoms with Gasteiger partial charge in [0, 0.05) is 37.3 Å².